The van der Waals surface area contributed by atoms with Crippen LogP contribution in [0.2, 0.25) is 0 Å². The third-order valence-corrected chi connectivity index (χ3v) is 3.32. The van der Waals surface area contributed by atoms with Crippen molar-refractivity contribution < 1.29 is 9.53 Å². The lowest BCUT2D eigenvalue weighted by Gasteiger charge is -2.13. The number of carbonyl (C=O) groups excluding carboxylic acids is 1. The van der Waals surface area contributed by atoms with E-state index in [9.17, 15) is 4.79 Å². The zero-order valence-electron chi connectivity index (χ0n) is 11.8. The SMILES string of the molecule is COC(=O)NCC(C)c1ccc(-c2ccccc2)cc1. The highest BCUT2D eigenvalue weighted by Crippen LogP contribution is 2.22. The molecule has 1 unspecified atom stereocenters. The number of carbonyl (C=O) groups is 1. The largest absolute Gasteiger partial charge is 0.453 e. The van der Waals surface area contributed by atoms with Crippen LogP contribution >= 0.6 is 0 Å². The molecule has 104 valence electrons. The summed E-state index contributed by atoms with van der Waals surface area (Å²) in [5.41, 5.74) is 3.60. The van der Waals surface area contributed by atoms with Crippen molar-refractivity contribution in [1.82, 2.24) is 5.32 Å². The second-order valence-corrected chi connectivity index (χ2v) is 4.76. The summed E-state index contributed by atoms with van der Waals surface area (Å²) in [6, 6.07) is 18.7. The molecule has 3 heteroatoms. The summed E-state index contributed by atoms with van der Waals surface area (Å²) in [6.07, 6.45) is -0.391. The lowest BCUT2D eigenvalue weighted by molar-refractivity contribution is 0.170. The molecule has 0 aliphatic heterocycles. The monoisotopic (exact) mass is 269 g/mol. The predicted molar refractivity (Wildman–Crippen MR) is 80.7 cm³/mol. The molecule has 0 heterocycles. The molecule has 0 aliphatic rings. The van der Waals surface area contributed by atoms with E-state index in [-0.39, 0.29) is 5.92 Å². The molecule has 1 amide bonds. The molecular formula is C17H19NO2. The first-order chi connectivity index (χ1) is 9.70. The molecular weight excluding hydrogens is 250 g/mol. The quantitative estimate of drug-likeness (QED) is 0.916. The highest BCUT2D eigenvalue weighted by Gasteiger charge is 2.08. The third kappa shape index (κ3) is 3.60. The van der Waals surface area contributed by atoms with Crippen molar-refractivity contribution in [2.24, 2.45) is 0 Å². The Bertz CT molecular complexity index is 549. The van der Waals surface area contributed by atoms with Crippen molar-refractivity contribution in [3.8, 4) is 11.1 Å². The van der Waals surface area contributed by atoms with Gasteiger partial charge in [0.2, 0.25) is 0 Å². The summed E-state index contributed by atoms with van der Waals surface area (Å²) in [5.74, 6) is 0.249. The maximum absolute atomic E-state index is 11.1. The van der Waals surface area contributed by atoms with Gasteiger partial charge in [-0.15, -0.1) is 0 Å². The van der Waals surface area contributed by atoms with Gasteiger partial charge in [-0.05, 0) is 22.6 Å². The summed E-state index contributed by atoms with van der Waals surface area (Å²) in [4.78, 5) is 11.1. The molecule has 2 aromatic carbocycles. The van der Waals surface area contributed by atoms with Crippen LogP contribution in [0, 0.1) is 0 Å². The standard InChI is InChI=1S/C17H19NO2/c1-13(12-18-17(19)20-2)14-8-10-16(11-9-14)15-6-4-3-5-7-15/h3-11,13H,12H2,1-2H3,(H,18,19). The number of alkyl carbamates (subject to hydrolysis) is 1. The average Bonchev–Trinajstić information content (AvgIpc) is 2.53. The Kier molecular flexibility index (Phi) is 4.77. The maximum Gasteiger partial charge on any atom is 0.406 e. The predicted octanol–water partition coefficient (Wildman–Crippen LogP) is 3.81. The Labute approximate surface area is 119 Å². The van der Waals surface area contributed by atoms with Crippen LogP contribution in [-0.4, -0.2) is 19.7 Å². The molecule has 0 saturated carbocycles. The Morgan fingerprint density at radius 1 is 1.05 bits per heavy atom. The van der Waals surface area contributed by atoms with Gasteiger partial charge in [0.05, 0.1) is 7.11 Å². The van der Waals surface area contributed by atoms with Gasteiger partial charge in [0, 0.05) is 6.54 Å². The van der Waals surface area contributed by atoms with E-state index < -0.39 is 6.09 Å². The van der Waals surface area contributed by atoms with Gasteiger partial charge in [0.25, 0.3) is 0 Å². The number of amides is 1. The van der Waals surface area contributed by atoms with Crippen molar-refractivity contribution in [3.63, 3.8) is 0 Å². The number of nitrogens with one attached hydrogen (secondary N) is 1. The Morgan fingerprint density at radius 3 is 2.25 bits per heavy atom. The molecule has 2 aromatic rings. The van der Waals surface area contributed by atoms with Crippen molar-refractivity contribution in [3.05, 3.63) is 60.2 Å². The highest BCUT2D eigenvalue weighted by atomic mass is 16.5. The number of benzene rings is 2. The summed E-state index contributed by atoms with van der Waals surface area (Å²) >= 11 is 0. The van der Waals surface area contributed by atoms with E-state index >= 15 is 0 Å². The highest BCUT2D eigenvalue weighted by molar-refractivity contribution is 5.67. The van der Waals surface area contributed by atoms with Crippen LogP contribution in [0.15, 0.2) is 54.6 Å². The summed E-state index contributed by atoms with van der Waals surface area (Å²) < 4.78 is 4.56. The molecule has 0 bridgehead atoms. The van der Waals surface area contributed by atoms with Gasteiger partial charge in [-0.2, -0.15) is 0 Å². The smallest absolute Gasteiger partial charge is 0.406 e. The van der Waals surface area contributed by atoms with E-state index in [0.29, 0.717) is 6.54 Å². The van der Waals surface area contributed by atoms with E-state index in [0.717, 1.165) is 0 Å². The molecule has 0 fully saturated rings. The van der Waals surface area contributed by atoms with E-state index in [1.807, 2.05) is 18.2 Å². The lowest BCUT2D eigenvalue weighted by atomic mass is 9.97. The van der Waals surface area contributed by atoms with Gasteiger partial charge in [-0.25, -0.2) is 4.79 Å². The fourth-order valence-electron chi connectivity index (χ4n) is 2.06. The summed E-state index contributed by atoms with van der Waals surface area (Å²) in [7, 11) is 1.37. The molecule has 0 spiro atoms. The van der Waals surface area contributed by atoms with E-state index in [4.69, 9.17) is 0 Å². The van der Waals surface area contributed by atoms with Crippen molar-refractivity contribution >= 4 is 6.09 Å². The fourth-order valence-corrected chi connectivity index (χ4v) is 2.06. The first-order valence-electron chi connectivity index (χ1n) is 6.68. The van der Waals surface area contributed by atoms with Crippen LogP contribution in [0.3, 0.4) is 0 Å². The molecule has 0 saturated heterocycles. The number of methoxy groups -OCH3 is 1. The van der Waals surface area contributed by atoms with E-state index in [2.05, 4.69) is 53.4 Å². The maximum atomic E-state index is 11.1. The van der Waals surface area contributed by atoms with Crippen LogP contribution < -0.4 is 5.32 Å². The summed E-state index contributed by atoms with van der Waals surface area (Å²) in [5, 5.41) is 2.72. The molecule has 2 rings (SSSR count). The van der Waals surface area contributed by atoms with Gasteiger partial charge in [-0.1, -0.05) is 61.5 Å². The second-order valence-electron chi connectivity index (χ2n) is 4.76. The molecule has 1 N–H and O–H groups in total. The van der Waals surface area contributed by atoms with E-state index in [1.165, 1.54) is 23.8 Å². The normalized spacial score (nSPS) is 11.7. The fraction of sp³-hybridized carbons (Fsp3) is 0.235. The minimum absolute atomic E-state index is 0.249. The Morgan fingerprint density at radius 2 is 1.65 bits per heavy atom. The molecule has 3 nitrogen and oxygen atoms in total. The molecule has 0 aliphatic carbocycles. The number of hydrogen-bond acceptors (Lipinski definition) is 2. The van der Waals surface area contributed by atoms with Crippen LogP contribution in [0.4, 0.5) is 4.79 Å². The molecule has 0 radical (unpaired) electrons. The molecule has 20 heavy (non-hydrogen) atoms. The number of rotatable bonds is 4. The topological polar surface area (TPSA) is 38.3 Å². The van der Waals surface area contributed by atoms with Crippen LogP contribution in [0.25, 0.3) is 11.1 Å². The van der Waals surface area contributed by atoms with Crippen molar-refractivity contribution in [2.45, 2.75) is 12.8 Å². The zero-order valence-corrected chi connectivity index (χ0v) is 11.8. The van der Waals surface area contributed by atoms with Crippen LogP contribution in [-0.2, 0) is 4.74 Å². The number of ether oxygens (including phenoxy) is 1. The van der Waals surface area contributed by atoms with Gasteiger partial charge in [0.1, 0.15) is 0 Å². The minimum atomic E-state index is -0.391. The van der Waals surface area contributed by atoms with Crippen molar-refractivity contribution in [2.75, 3.05) is 13.7 Å². The number of hydrogen-bond donors (Lipinski definition) is 1. The average molecular weight is 269 g/mol. The Hall–Kier alpha value is -2.29. The van der Waals surface area contributed by atoms with Crippen molar-refractivity contribution in [1.29, 1.82) is 0 Å². The van der Waals surface area contributed by atoms with Gasteiger partial charge in [-0.3, -0.25) is 0 Å². The zero-order chi connectivity index (χ0) is 14.4. The second kappa shape index (κ2) is 6.75. The van der Waals surface area contributed by atoms with Crippen LogP contribution in [0.1, 0.15) is 18.4 Å². The van der Waals surface area contributed by atoms with Gasteiger partial charge < -0.3 is 10.1 Å². The molecule has 1 atom stereocenters. The minimum Gasteiger partial charge on any atom is -0.453 e. The molecule has 0 aromatic heterocycles. The van der Waals surface area contributed by atoms with E-state index in [1.54, 1.807) is 0 Å². The third-order valence-electron chi connectivity index (χ3n) is 3.32. The van der Waals surface area contributed by atoms with Gasteiger partial charge in [0.15, 0.2) is 0 Å². The lowest BCUT2D eigenvalue weighted by Crippen LogP contribution is -2.27. The van der Waals surface area contributed by atoms with Crippen LogP contribution in [0.5, 0.6) is 0 Å². The Balaban J connectivity index is 2.03. The first kappa shape index (κ1) is 14.1. The first-order valence-corrected chi connectivity index (χ1v) is 6.68. The van der Waals surface area contributed by atoms with Gasteiger partial charge >= 0.3 is 6.09 Å². The summed E-state index contributed by atoms with van der Waals surface area (Å²) in [6.45, 7) is 2.64.